The van der Waals surface area contributed by atoms with Gasteiger partial charge in [-0.15, -0.1) is 6.58 Å². The Morgan fingerprint density at radius 3 is 2.52 bits per heavy atom. The van der Waals surface area contributed by atoms with E-state index in [1.165, 1.54) is 5.57 Å². The summed E-state index contributed by atoms with van der Waals surface area (Å²) in [7, 11) is 1.56. The zero-order chi connectivity index (χ0) is 17.4. The summed E-state index contributed by atoms with van der Waals surface area (Å²) in [6, 6.07) is 0. The van der Waals surface area contributed by atoms with Crippen molar-refractivity contribution in [1.29, 1.82) is 0 Å². The van der Waals surface area contributed by atoms with Crippen LogP contribution in [0.15, 0.2) is 35.6 Å². The van der Waals surface area contributed by atoms with Gasteiger partial charge in [0.2, 0.25) is 0 Å². The number of rotatable bonds is 5. The van der Waals surface area contributed by atoms with Crippen molar-refractivity contribution in [2.45, 2.75) is 47.0 Å². The Labute approximate surface area is 139 Å². The van der Waals surface area contributed by atoms with Crippen LogP contribution in [0, 0.1) is 23.2 Å². The van der Waals surface area contributed by atoms with Gasteiger partial charge < -0.3 is 4.74 Å². The van der Waals surface area contributed by atoms with Crippen LogP contribution in [-0.2, 0) is 14.3 Å². The molecular formula is C20H28O3. The maximum atomic E-state index is 13.0. The molecule has 2 aliphatic rings. The van der Waals surface area contributed by atoms with Crippen molar-refractivity contribution in [2.75, 3.05) is 7.11 Å². The van der Waals surface area contributed by atoms with E-state index in [9.17, 15) is 9.59 Å². The molecule has 0 amide bonds. The second kappa shape index (κ2) is 6.46. The van der Waals surface area contributed by atoms with Gasteiger partial charge in [-0.2, -0.15) is 0 Å². The minimum Gasteiger partial charge on any atom is -0.500 e. The molecule has 2 aliphatic carbocycles. The molecule has 3 atom stereocenters. The van der Waals surface area contributed by atoms with Crippen LogP contribution in [0.2, 0.25) is 0 Å². The number of carbonyl (C=O) groups is 2. The van der Waals surface area contributed by atoms with E-state index in [2.05, 4.69) is 40.3 Å². The Balaban J connectivity index is 2.50. The van der Waals surface area contributed by atoms with Gasteiger partial charge in [0.15, 0.2) is 11.6 Å². The van der Waals surface area contributed by atoms with Gasteiger partial charge in [0.1, 0.15) is 5.76 Å². The van der Waals surface area contributed by atoms with Crippen molar-refractivity contribution in [3.8, 4) is 0 Å². The third kappa shape index (κ3) is 2.93. The van der Waals surface area contributed by atoms with Crippen molar-refractivity contribution in [1.82, 2.24) is 0 Å². The van der Waals surface area contributed by atoms with E-state index in [0.29, 0.717) is 23.7 Å². The van der Waals surface area contributed by atoms with E-state index in [4.69, 9.17) is 4.74 Å². The first-order chi connectivity index (χ1) is 10.8. The Morgan fingerprint density at radius 2 is 2.00 bits per heavy atom. The largest absolute Gasteiger partial charge is 0.500 e. The number of carbonyl (C=O) groups excluding carboxylic acids is 2. The molecule has 0 saturated heterocycles. The number of ketones is 2. The minimum atomic E-state index is -0.550. The van der Waals surface area contributed by atoms with Gasteiger partial charge in [0.05, 0.1) is 18.9 Å². The van der Waals surface area contributed by atoms with E-state index in [-0.39, 0.29) is 22.9 Å². The molecule has 23 heavy (non-hydrogen) atoms. The lowest BCUT2D eigenvalue weighted by molar-refractivity contribution is -0.148. The summed E-state index contributed by atoms with van der Waals surface area (Å²) in [4.78, 5) is 25.8. The number of hydrogen-bond acceptors (Lipinski definition) is 3. The minimum absolute atomic E-state index is 0.0399. The molecule has 0 N–H and O–H groups in total. The highest BCUT2D eigenvalue weighted by Gasteiger charge is 2.56. The Hall–Kier alpha value is -1.64. The number of Topliss-reactive ketones (excluding diaryl/α,β-unsaturated/α-hetero) is 2. The number of hydrogen-bond donors (Lipinski definition) is 0. The zero-order valence-electron chi connectivity index (χ0n) is 14.9. The Bertz CT molecular complexity index is 588. The highest BCUT2D eigenvalue weighted by atomic mass is 16.5. The summed E-state index contributed by atoms with van der Waals surface area (Å²) in [5.74, 6) is 0.0262. The van der Waals surface area contributed by atoms with Crippen LogP contribution in [0.25, 0.3) is 0 Å². The smallest absolute Gasteiger partial charge is 0.173 e. The number of ether oxygens (including phenoxy) is 1. The van der Waals surface area contributed by atoms with E-state index in [1.54, 1.807) is 13.2 Å². The van der Waals surface area contributed by atoms with E-state index in [1.807, 2.05) is 0 Å². The first-order valence-electron chi connectivity index (χ1n) is 8.34. The fourth-order valence-corrected chi connectivity index (χ4v) is 4.11. The topological polar surface area (TPSA) is 43.4 Å². The SMILES string of the molecule is C=CCC1=C(OC)[C@H]2C[C@H](CC=C(C)C)C(C)(C)[C@@H](C1=O)C2=O. The number of fused-ring (bicyclic) bond motifs is 2. The van der Waals surface area contributed by atoms with Gasteiger partial charge in [0.25, 0.3) is 0 Å². The number of methoxy groups -OCH3 is 1. The lowest BCUT2D eigenvalue weighted by Crippen LogP contribution is -2.53. The molecule has 0 unspecified atom stereocenters. The highest BCUT2D eigenvalue weighted by Crippen LogP contribution is 2.53. The van der Waals surface area contributed by atoms with Crippen molar-refractivity contribution in [3.05, 3.63) is 35.6 Å². The summed E-state index contributed by atoms with van der Waals surface area (Å²) < 4.78 is 5.50. The quantitative estimate of drug-likeness (QED) is 0.562. The van der Waals surface area contributed by atoms with E-state index in [0.717, 1.165) is 12.8 Å². The van der Waals surface area contributed by atoms with Crippen LogP contribution < -0.4 is 0 Å². The van der Waals surface area contributed by atoms with Crippen LogP contribution in [0.1, 0.15) is 47.0 Å². The van der Waals surface area contributed by atoms with Gasteiger partial charge >= 0.3 is 0 Å². The summed E-state index contributed by atoms with van der Waals surface area (Å²) in [6.45, 7) is 12.0. The molecule has 0 aromatic rings. The van der Waals surface area contributed by atoms with Gasteiger partial charge in [-0.05, 0) is 44.4 Å². The summed E-state index contributed by atoms with van der Waals surface area (Å²) in [5, 5.41) is 0. The maximum absolute atomic E-state index is 13.0. The lowest BCUT2D eigenvalue weighted by atomic mass is 9.53. The Kier molecular flexibility index (Phi) is 4.98. The molecule has 0 aromatic heterocycles. The molecule has 2 bridgehead atoms. The predicted molar refractivity (Wildman–Crippen MR) is 91.8 cm³/mol. The van der Waals surface area contributed by atoms with Crippen LogP contribution in [0.5, 0.6) is 0 Å². The molecule has 0 aromatic carbocycles. The molecule has 0 spiro atoms. The first-order valence-corrected chi connectivity index (χ1v) is 8.34. The molecule has 3 heteroatoms. The average molecular weight is 316 g/mol. The van der Waals surface area contributed by atoms with Crippen LogP contribution in [0.4, 0.5) is 0 Å². The number of allylic oxidation sites excluding steroid dienone is 5. The fraction of sp³-hybridized carbons (Fsp3) is 0.600. The molecule has 0 aliphatic heterocycles. The van der Waals surface area contributed by atoms with E-state index >= 15 is 0 Å². The maximum Gasteiger partial charge on any atom is 0.173 e. The van der Waals surface area contributed by atoms with Crippen molar-refractivity contribution >= 4 is 11.6 Å². The second-order valence-corrected chi connectivity index (χ2v) is 7.56. The Morgan fingerprint density at radius 1 is 1.35 bits per heavy atom. The predicted octanol–water partition coefficient (Wildman–Crippen LogP) is 4.25. The average Bonchev–Trinajstić information content (AvgIpc) is 2.46. The normalized spacial score (nSPS) is 29.3. The second-order valence-electron chi connectivity index (χ2n) is 7.56. The first kappa shape index (κ1) is 17.7. The standard InChI is InChI=1S/C20H28O3/c1-7-8-14-17(21)16-18(22)15(19(14)23-6)11-13(20(16,4)5)10-9-12(2)3/h7,9,13,15-16H,1,8,10-11H2,2-6H3/t13-,15-,16-/m0/s1. The third-order valence-electron chi connectivity index (χ3n) is 5.50. The van der Waals surface area contributed by atoms with Crippen LogP contribution in [0.3, 0.4) is 0 Å². The van der Waals surface area contributed by atoms with Crippen LogP contribution in [-0.4, -0.2) is 18.7 Å². The lowest BCUT2D eigenvalue weighted by Gasteiger charge is -2.49. The molecule has 1 saturated carbocycles. The van der Waals surface area contributed by atoms with E-state index < -0.39 is 5.92 Å². The van der Waals surface area contributed by atoms with Gasteiger partial charge in [-0.25, -0.2) is 0 Å². The molecule has 126 valence electrons. The molecular weight excluding hydrogens is 288 g/mol. The van der Waals surface area contributed by atoms with Gasteiger partial charge in [-0.3, -0.25) is 9.59 Å². The summed E-state index contributed by atoms with van der Waals surface area (Å²) >= 11 is 0. The van der Waals surface area contributed by atoms with Crippen molar-refractivity contribution in [3.63, 3.8) is 0 Å². The summed E-state index contributed by atoms with van der Waals surface area (Å²) in [6.07, 6.45) is 6.05. The monoisotopic (exact) mass is 316 g/mol. The molecule has 0 radical (unpaired) electrons. The van der Waals surface area contributed by atoms with Crippen molar-refractivity contribution in [2.24, 2.45) is 23.2 Å². The fourth-order valence-electron chi connectivity index (χ4n) is 4.11. The zero-order valence-corrected chi connectivity index (χ0v) is 14.9. The summed E-state index contributed by atoms with van der Waals surface area (Å²) in [5.41, 5.74) is 1.58. The van der Waals surface area contributed by atoms with Crippen molar-refractivity contribution < 1.29 is 14.3 Å². The molecule has 1 fully saturated rings. The van der Waals surface area contributed by atoms with Gasteiger partial charge in [0, 0.05) is 5.57 Å². The molecule has 0 heterocycles. The van der Waals surface area contributed by atoms with Crippen LogP contribution >= 0.6 is 0 Å². The molecule has 3 nitrogen and oxygen atoms in total. The molecule has 2 rings (SSSR count). The highest BCUT2D eigenvalue weighted by molar-refractivity contribution is 6.16. The van der Waals surface area contributed by atoms with Gasteiger partial charge in [-0.1, -0.05) is 31.6 Å². The third-order valence-corrected chi connectivity index (χ3v) is 5.50.